The maximum atomic E-state index is 13.8. The summed E-state index contributed by atoms with van der Waals surface area (Å²) < 4.78 is 26.0. The van der Waals surface area contributed by atoms with Crippen molar-refractivity contribution >= 4 is 27.1 Å². The Hall–Kier alpha value is -3.94. The fourth-order valence-electron chi connectivity index (χ4n) is 4.07. The van der Waals surface area contributed by atoms with E-state index < -0.39 is 22.4 Å². The smallest absolute Gasteiger partial charge is 0.237 e. The van der Waals surface area contributed by atoms with Gasteiger partial charge in [0.1, 0.15) is 5.75 Å². The Morgan fingerprint density at radius 3 is 1.86 bits per heavy atom. The van der Waals surface area contributed by atoms with Crippen molar-refractivity contribution in [1.82, 2.24) is 0 Å². The SMILES string of the molecule is O=C(C(CO)Cc1ccccc1CS(=O)(=O)c1ccccc1)N(c1ccccc1)c1ccc(O)cc1. The molecule has 1 atom stereocenters. The molecule has 1 amide bonds. The molecule has 6 nitrogen and oxygen atoms in total. The zero-order chi connectivity index (χ0) is 25.5. The lowest BCUT2D eigenvalue weighted by molar-refractivity contribution is -0.122. The lowest BCUT2D eigenvalue weighted by Gasteiger charge is -2.27. The molecule has 0 bridgehead atoms. The lowest BCUT2D eigenvalue weighted by Crippen LogP contribution is -2.35. The predicted molar refractivity (Wildman–Crippen MR) is 140 cm³/mol. The van der Waals surface area contributed by atoms with E-state index >= 15 is 0 Å². The summed E-state index contributed by atoms with van der Waals surface area (Å²) >= 11 is 0. The van der Waals surface area contributed by atoms with Crippen molar-refractivity contribution in [2.24, 2.45) is 5.92 Å². The summed E-state index contributed by atoms with van der Waals surface area (Å²) in [4.78, 5) is 15.5. The number of phenolic OH excluding ortho intramolecular Hbond substituents is 1. The first-order valence-corrected chi connectivity index (χ1v) is 13.2. The molecule has 0 aromatic heterocycles. The number of amides is 1. The summed E-state index contributed by atoms with van der Waals surface area (Å²) in [5.74, 6) is -1.29. The molecule has 184 valence electrons. The van der Waals surface area contributed by atoms with Gasteiger partial charge in [-0.2, -0.15) is 0 Å². The van der Waals surface area contributed by atoms with Gasteiger partial charge in [0, 0.05) is 11.4 Å². The fourth-order valence-corrected chi connectivity index (χ4v) is 5.50. The second-order valence-electron chi connectivity index (χ2n) is 8.45. The number of phenols is 1. The minimum Gasteiger partial charge on any atom is -0.508 e. The average molecular weight is 502 g/mol. The highest BCUT2D eigenvalue weighted by atomic mass is 32.2. The summed E-state index contributed by atoms with van der Waals surface area (Å²) in [6.45, 7) is -0.417. The largest absolute Gasteiger partial charge is 0.508 e. The molecule has 4 aromatic carbocycles. The topological polar surface area (TPSA) is 94.9 Å². The van der Waals surface area contributed by atoms with Crippen LogP contribution in [-0.2, 0) is 26.8 Å². The highest BCUT2D eigenvalue weighted by Crippen LogP contribution is 2.30. The van der Waals surface area contributed by atoms with E-state index in [1.165, 1.54) is 17.0 Å². The highest BCUT2D eigenvalue weighted by Gasteiger charge is 2.28. The quantitative estimate of drug-likeness (QED) is 0.341. The molecule has 0 fully saturated rings. The lowest BCUT2D eigenvalue weighted by atomic mass is 9.95. The van der Waals surface area contributed by atoms with Gasteiger partial charge >= 0.3 is 0 Å². The van der Waals surface area contributed by atoms with Crippen molar-refractivity contribution in [3.8, 4) is 5.75 Å². The third-order valence-electron chi connectivity index (χ3n) is 5.94. The summed E-state index contributed by atoms with van der Waals surface area (Å²) in [7, 11) is -3.59. The van der Waals surface area contributed by atoms with Crippen LogP contribution in [0, 0.1) is 5.92 Å². The van der Waals surface area contributed by atoms with E-state index in [1.54, 1.807) is 78.9 Å². The van der Waals surface area contributed by atoms with Gasteiger partial charge in [-0.1, -0.05) is 60.7 Å². The maximum Gasteiger partial charge on any atom is 0.237 e. The molecule has 0 saturated heterocycles. The Balaban J connectivity index is 1.64. The fraction of sp³-hybridized carbons (Fsp3) is 0.138. The molecule has 1 unspecified atom stereocenters. The van der Waals surface area contributed by atoms with Crippen molar-refractivity contribution < 1.29 is 23.4 Å². The number of hydrogen-bond acceptors (Lipinski definition) is 5. The molecule has 0 heterocycles. The number of anilines is 2. The second-order valence-corrected chi connectivity index (χ2v) is 10.4. The molecule has 4 rings (SSSR count). The first-order chi connectivity index (χ1) is 17.4. The van der Waals surface area contributed by atoms with Crippen LogP contribution in [0.4, 0.5) is 11.4 Å². The molecule has 4 aromatic rings. The zero-order valence-corrected chi connectivity index (χ0v) is 20.4. The van der Waals surface area contributed by atoms with Crippen LogP contribution in [0.2, 0.25) is 0 Å². The number of nitrogens with zero attached hydrogens (tertiary/aromatic N) is 1. The van der Waals surface area contributed by atoms with Gasteiger partial charge in [0.05, 0.1) is 23.2 Å². The molecule has 0 saturated carbocycles. The van der Waals surface area contributed by atoms with Crippen molar-refractivity contribution in [2.75, 3.05) is 11.5 Å². The summed E-state index contributed by atoms with van der Waals surface area (Å²) in [5, 5.41) is 20.0. The molecule has 0 spiro atoms. The number of carbonyl (C=O) groups is 1. The third kappa shape index (κ3) is 5.82. The van der Waals surface area contributed by atoms with E-state index in [1.807, 2.05) is 18.2 Å². The Labute approximate surface area is 211 Å². The predicted octanol–water partition coefficient (Wildman–Crippen LogP) is 4.88. The van der Waals surface area contributed by atoms with Gasteiger partial charge in [-0.25, -0.2) is 8.42 Å². The van der Waals surface area contributed by atoms with Gasteiger partial charge in [-0.3, -0.25) is 9.69 Å². The van der Waals surface area contributed by atoms with Crippen molar-refractivity contribution in [3.63, 3.8) is 0 Å². The molecule has 36 heavy (non-hydrogen) atoms. The second kappa shape index (κ2) is 11.2. The Bertz CT molecular complexity index is 1410. The minimum atomic E-state index is -3.59. The molecule has 0 aliphatic heterocycles. The van der Waals surface area contributed by atoms with Crippen molar-refractivity contribution in [1.29, 1.82) is 0 Å². The number of hydrogen-bond donors (Lipinski definition) is 2. The third-order valence-corrected chi connectivity index (χ3v) is 7.63. The number of aromatic hydroxyl groups is 1. The Kier molecular flexibility index (Phi) is 7.83. The number of rotatable bonds is 9. The molecular weight excluding hydrogens is 474 g/mol. The van der Waals surface area contributed by atoms with E-state index in [0.29, 0.717) is 22.5 Å². The van der Waals surface area contributed by atoms with Crippen LogP contribution < -0.4 is 4.90 Å². The molecule has 0 radical (unpaired) electrons. The number of aliphatic hydroxyl groups is 1. The molecular formula is C29H27NO5S. The highest BCUT2D eigenvalue weighted by molar-refractivity contribution is 7.90. The Morgan fingerprint density at radius 2 is 1.25 bits per heavy atom. The van der Waals surface area contributed by atoms with Crippen molar-refractivity contribution in [2.45, 2.75) is 17.1 Å². The first-order valence-electron chi connectivity index (χ1n) is 11.5. The number of aliphatic hydroxyl groups excluding tert-OH is 1. The monoisotopic (exact) mass is 501 g/mol. The summed E-state index contributed by atoms with van der Waals surface area (Å²) in [6.07, 6.45) is 0.164. The van der Waals surface area contributed by atoms with Gasteiger partial charge in [0.25, 0.3) is 0 Å². The number of benzene rings is 4. The number of carbonyl (C=O) groups excluding carboxylic acids is 1. The normalized spacial score (nSPS) is 12.1. The van der Waals surface area contributed by atoms with Crippen LogP contribution in [0.3, 0.4) is 0 Å². The average Bonchev–Trinajstić information content (AvgIpc) is 2.90. The van der Waals surface area contributed by atoms with Gasteiger partial charge in [0.2, 0.25) is 5.91 Å². The standard InChI is InChI=1S/C29H27NO5S/c31-20-24(29(33)30(25-11-3-1-4-12-25)26-15-17-27(32)18-16-26)19-22-9-7-8-10-23(22)21-36(34,35)28-13-5-2-6-14-28/h1-18,24,31-32H,19-21H2. The van der Waals surface area contributed by atoms with Gasteiger partial charge in [-0.05, 0) is 66.1 Å². The van der Waals surface area contributed by atoms with Gasteiger partial charge in [0.15, 0.2) is 9.84 Å². The summed E-state index contributed by atoms with van der Waals surface area (Å²) in [6, 6.07) is 30.7. The summed E-state index contributed by atoms with van der Waals surface area (Å²) in [5.41, 5.74) is 2.43. The van der Waals surface area contributed by atoms with E-state index in [-0.39, 0.29) is 28.7 Å². The van der Waals surface area contributed by atoms with Crippen LogP contribution in [0.15, 0.2) is 114 Å². The van der Waals surface area contributed by atoms with Crippen LogP contribution in [0.1, 0.15) is 11.1 Å². The molecule has 2 N–H and O–H groups in total. The van der Waals surface area contributed by atoms with Crippen LogP contribution in [-0.4, -0.2) is 31.1 Å². The Morgan fingerprint density at radius 1 is 0.722 bits per heavy atom. The van der Waals surface area contributed by atoms with Gasteiger partial charge < -0.3 is 10.2 Å². The van der Waals surface area contributed by atoms with E-state index in [2.05, 4.69) is 0 Å². The maximum absolute atomic E-state index is 13.8. The van der Waals surface area contributed by atoms with Gasteiger partial charge in [-0.15, -0.1) is 0 Å². The zero-order valence-electron chi connectivity index (χ0n) is 19.6. The van der Waals surface area contributed by atoms with Crippen LogP contribution in [0.25, 0.3) is 0 Å². The van der Waals surface area contributed by atoms with Crippen LogP contribution >= 0.6 is 0 Å². The van der Waals surface area contributed by atoms with E-state index in [9.17, 15) is 23.4 Å². The first kappa shape index (κ1) is 25.2. The van der Waals surface area contributed by atoms with E-state index in [0.717, 1.165) is 0 Å². The van der Waals surface area contributed by atoms with Crippen molar-refractivity contribution in [3.05, 3.63) is 120 Å². The number of sulfone groups is 1. The molecule has 0 aliphatic rings. The minimum absolute atomic E-state index is 0.0754. The van der Waals surface area contributed by atoms with E-state index in [4.69, 9.17) is 0 Å². The molecule has 7 heteroatoms. The number of para-hydroxylation sites is 1. The van der Waals surface area contributed by atoms with Crippen LogP contribution in [0.5, 0.6) is 5.75 Å². The molecule has 0 aliphatic carbocycles.